The Morgan fingerprint density at radius 1 is 0.696 bits per heavy atom. The molecule has 0 saturated heterocycles. The van der Waals surface area contributed by atoms with Crippen LogP contribution in [-0.2, 0) is 23.2 Å². The van der Waals surface area contributed by atoms with Crippen LogP contribution in [0.25, 0.3) is 0 Å². The van der Waals surface area contributed by atoms with Crippen molar-refractivity contribution in [2.75, 3.05) is 0 Å². The first kappa shape index (κ1) is 19.7. The van der Waals surface area contributed by atoms with Gasteiger partial charge in [-0.2, -0.15) is 0 Å². The molecular formula is C20H26Cl2Zr. The van der Waals surface area contributed by atoms with Crippen molar-refractivity contribution in [3.05, 3.63) is 42.0 Å². The second-order valence-electron chi connectivity index (χ2n) is 7.14. The van der Waals surface area contributed by atoms with Crippen LogP contribution in [0, 0.1) is 11.8 Å². The molecular weight excluding hydrogens is 402 g/mol. The van der Waals surface area contributed by atoms with Gasteiger partial charge in [-0.05, 0) is 0 Å². The summed E-state index contributed by atoms with van der Waals surface area (Å²) in [6.45, 7) is 0. The van der Waals surface area contributed by atoms with Crippen molar-refractivity contribution < 1.29 is 48.0 Å². The molecule has 4 rings (SSSR count). The van der Waals surface area contributed by atoms with E-state index < -0.39 is 23.2 Å². The average Bonchev–Trinajstić information content (AvgIpc) is 3.07. The van der Waals surface area contributed by atoms with Gasteiger partial charge in [0, 0.05) is 0 Å². The van der Waals surface area contributed by atoms with E-state index in [1.807, 2.05) is 17.7 Å². The standard InChI is InChI=1S/2C10H13.2ClH.Zr/c2*1-2-5-9-7-4-8-10(9)6-3-1;;;/h2*1-2,10H,3-4,6-8H2;2*1H;/q;;;;+2/p-2. The van der Waals surface area contributed by atoms with Gasteiger partial charge in [0.2, 0.25) is 0 Å². The Balaban J connectivity index is 0.000000960. The second kappa shape index (κ2) is 9.21. The van der Waals surface area contributed by atoms with Crippen LogP contribution < -0.4 is 24.8 Å². The Labute approximate surface area is 165 Å². The zero-order chi connectivity index (χ0) is 14.1. The summed E-state index contributed by atoms with van der Waals surface area (Å²) in [5.74, 6) is 1.91. The van der Waals surface area contributed by atoms with Crippen LogP contribution in [0.15, 0.2) is 42.0 Å². The average molecular weight is 429 g/mol. The van der Waals surface area contributed by atoms with Crippen molar-refractivity contribution in [3.63, 3.8) is 0 Å². The maximum absolute atomic E-state index is 2.56. The number of rotatable bonds is 2. The van der Waals surface area contributed by atoms with Crippen LogP contribution in [0.4, 0.5) is 0 Å². The van der Waals surface area contributed by atoms with Gasteiger partial charge in [-0.3, -0.25) is 0 Å². The maximum Gasteiger partial charge on any atom is -1.00 e. The van der Waals surface area contributed by atoms with Gasteiger partial charge in [0.1, 0.15) is 0 Å². The van der Waals surface area contributed by atoms with Gasteiger partial charge in [-0.1, -0.05) is 0 Å². The van der Waals surface area contributed by atoms with E-state index in [1.165, 1.54) is 64.2 Å². The van der Waals surface area contributed by atoms with Gasteiger partial charge >= 0.3 is 141 Å². The van der Waals surface area contributed by atoms with Gasteiger partial charge in [-0.15, -0.1) is 0 Å². The van der Waals surface area contributed by atoms with E-state index in [2.05, 4.69) is 24.3 Å². The first-order valence-corrected chi connectivity index (χ1v) is 11.4. The molecule has 0 N–H and O–H groups in total. The molecule has 0 aromatic rings. The molecule has 2 fully saturated rings. The van der Waals surface area contributed by atoms with Crippen molar-refractivity contribution in [2.24, 2.45) is 11.8 Å². The van der Waals surface area contributed by atoms with Crippen molar-refractivity contribution in [1.82, 2.24) is 0 Å². The number of hydrogen-bond acceptors (Lipinski definition) is 0. The summed E-state index contributed by atoms with van der Waals surface area (Å²) < 4.78 is 3.72. The quantitative estimate of drug-likeness (QED) is 0.576. The van der Waals surface area contributed by atoms with E-state index in [4.69, 9.17) is 0 Å². The Bertz CT molecular complexity index is 494. The summed E-state index contributed by atoms with van der Waals surface area (Å²) in [5, 5.41) is 0. The molecule has 124 valence electrons. The van der Waals surface area contributed by atoms with Crippen molar-refractivity contribution in [1.29, 1.82) is 0 Å². The molecule has 0 bridgehead atoms. The van der Waals surface area contributed by atoms with Gasteiger partial charge in [-0.25, -0.2) is 0 Å². The molecule has 4 aliphatic carbocycles. The fourth-order valence-electron chi connectivity index (χ4n) is 4.78. The zero-order valence-corrected chi connectivity index (χ0v) is 17.8. The Morgan fingerprint density at radius 3 is 1.65 bits per heavy atom. The molecule has 0 aromatic heterocycles. The summed E-state index contributed by atoms with van der Waals surface area (Å²) in [5.41, 5.74) is 3.80. The van der Waals surface area contributed by atoms with Gasteiger partial charge < -0.3 is 24.8 Å². The molecule has 0 amide bonds. The molecule has 0 aliphatic heterocycles. The molecule has 0 nitrogen and oxygen atoms in total. The van der Waals surface area contributed by atoms with Gasteiger partial charge in [0.25, 0.3) is 0 Å². The minimum atomic E-state index is -0.568. The summed E-state index contributed by atoms with van der Waals surface area (Å²) in [7, 11) is 0. The van der Waals surface area contributed by atoms with Crippen molar-refractivity contribution in [2.45, 2.75) is 64.2 Å². The van der Waals surface area contributed by atoms with Crippen LogP contribution in [0.2, 0.25) is 0 Å². The summed E-state index contributed by atoms with van der Waals surface area (Å²) in [4.78, 5) is 0. The zero-order valence-electron chi connectivity index (χ0n) is 13.8. The second-order valence-corrected chi connectivity index (χ2v) is 10.4. The topological polar surface area (TPSA) is 0 Å². The third kappa shape index (κ3) is 4.34. The number of allylic oxidation sites excluding steroid dienone is 8. The van der Waals surface area contributed by atoms with E-state index in [-0.39, 0.29) is 24.8 Å². The normalized spacial score (nSPS) is 29.0. The fraction of sp³-hybridized carbons (Fsp3) is 0.600. The summed E-state index contributed by atoms with van der Waals surface area (Å²) in [6, 6.07) is 0. The van der Waals surface area contributed by atoms with Crippen LogP contribution in [0.3, 0.4) is 0 Å². The fourth-order valence-corrected chi connectivity index (χ4v) is 8.89. The maximum atomic E-state index is 2.56. The van der Waals surface area contributed by atoms with Crippen molar-refractivity contribution in [3.8, 4) is 0 Å². The van der Waals surface area contributed by atoms with Crippen LogP contribution in [0.5, 0.6) is 0 Å². The predicted octanol–water partition coefficient (Wildman–Crippen LogP) is -0.115. The Morgan fingerprint density at radius 2 is 1.17 bits per heavy atom. The Hall–Kier alpha value is 0.423. The summed E-state index contributed by atoms with van der Waals surface area (Å²) in [6.07, 6.45) is 24.3. The monoisotopic (exact) mass is 426 g/mol. The molecule has 0 spiro atoms. The van der Waals surface area contributed by atoms with E-state index in [1.54, 1.807) is 0 Å². The number of hydrogen-bond donors (Lipinski definition) is 0. The molecule has 23 heavy (non-hydrogen) atoms. The number of fused-ring (bicyclic) bond motifs is 2. The molecule has 0 heterocycles. The van der Waals surface area contributed by atoms with Crippen LogP contribution in [0.1, 0.15) is 64.2 Å². The molecule has 3 heteroatoms. The van der Waals surface area contributed by atoms with Gasteiger partial charge in [0.15, 0.2) is 0 Å². The minimum absolute atomic E-state index is 0. The molecule has 2 saturated carbocycles. The summed E-state index contributed by atoms with van der Waals surface area (Å²) >= 11 is -0.568. The van der Waals surface area contributed by atoms with E-state index >= 15 is 0 Å². The minimum Gasteiger partial charge on any atom is -1.00 e. The predicted molar refractivity (Wildman–Crippen MR) is 85.5 cm³/mol. The third-order valence-corrected chi connectivity index (χ3v) is 9.60. The molecule has 0 aromatic carbocycles. The third-order valence-electron chi connectivity index (χ3n) is 5.88. The Kier molecular flexibility index (Phi) is 7.91. The van der Waals surface area contributed by atoms with Crippen LogP contribution in [-0.4, -0.2) is 0 Å². The number of halogens is 2. The molecule has 2 unspecified atom stereocenters. The SMILES string of the molecule is C1=C[C]([Zr+2][C]2=C3CCCC3CCC=C2)=C2CCCC2CC1.[Cl-].[Cl-]. The smallest absolute Gasteiger partial charge is 1.00 e. The van der Waals surface area contributed by atoms with E-state index in [0.29, 0.717) is 0 Å². The van der Waals surface area contributed by atoms with E-state index in [9.17, 15) is 0 Å². The molecule has 4 aliphatic rings. The van der Waals surface area contributed by atoms with Gasteiger partial charge in [0.05, 0.1) is 0 Å². The molecule has 2 atom stereocenters. The van der Waals surface area contributed by atoms with Crippen LogP contribution >= 0.6 is 0 Å². The first-order valence-electron chi connectivity index (χ1n) is 8.98. The largest absolute Gasteiger partial charge is 1.00 e. The first-order chi connectivity index (χ1) is 10.4. The van der Waals surface area contributed by atoms with Crippen molar-refractivity contribution >= 4 is 0 Å². The molecule has 0 radical (unpaired) electrons. The van der Waals surface area contributed by atoms with E-state index in [0.717, 1.165) is 11.8 Å².